The molecule has 0 aliphatic heterocycles. The third-order valence-corrected chi connectivity index (χ3v) is 2.52. The van der Waals surface area contributed by atoms with Crippen LogP contribution in [0.4, 0.5) is 8.78 Å². The monoisotopic (exact) mass is 229 g/mol. The van der Waals surface area contributed by atoms with Crippen molar-refractivity contribution < 1.29 is 13.5 Å². The molecule has 1 aromatic carbocycles. The molecule has 2 nitrogen and oxygen atoms in total. The van der Waals surface area contributed by atoms with E-state index >= 15 is 0 Å². The van der Waals surface area contributed by atoms with Gasteiger partial charge < -0.3 is 10.5 Å². The Labute approximate surface area is 94.4 Å². The minimum Gasteiger partial charge on any atom is -0.385 e. The van der Waals surface area contributed by atoms with E-state index in [-0.39, 0.29) is 12.0 Å². The van der Waals surface area contributed by atoms with Crippen LogP contribution in [-0.2, 0) is 11.2 Å². The van der Waals surface area contributed by atoms with Crippen molar-refractivity contribution in [2.45, 2.75) is 25.3 Å². The van der Waals surface area contributed by atoms with E-state index in [0.29, 0.717) is 13.0 Å². The second-order valence-corrected chi connectivity index (χ2v) is 4.27. The first-order chi connectivity index (χ1) is 7.46. The van der Waals surface area contributed by atoms with Crippen LogP contribution in [-0.4, -0.2) is 19.3 Å². The molecule has 16 heavy (non-hydrogen) atoms. The zero-order valence-electron chi connectivity index (χ0n) is 9.59. The number of methoxy groups -OCH3 is 1. The highest BCUT2D eigenvalue weighted by atomic mass is 19.1. The molecule has 0 radical (unpaired) electrons. The van der Waals surface area contributed by atoms with Crippen LogP contribution in [0.25, 0.3) is 0 Å². The second-order valence-electron chi connectivity index (χ2n) is 4.27. The van der Waals surface area contributed by atoms with Crippen molar-refractivity contribution in [1.29, 1.82) is 0 Å². The molecule has 1 aromatic rings. The summed E-state index contributed by atoms with van der Waals surface area (Å²) in [4.78, 5) is 0. The summed E-state index contributed by atoms with van der Waals surface area (Å²) in [6, 6.07) is 3.83. The van der Waals surface area contributed by atoms with E-state index in [1.807, 2.05) is 0 Å². The number of hydrogen-bond acceptors (Lipinski definition) is 2. The predicted octanol–water partition coefficient (Wildman–Crippen LogP) is 2.26. The quantitative estimate of drug-likeness (QED) is 0.840. The Morgan fingerprint density at radius 1 is 1.31 bits per heavy atom. The molecule has 0 spiro atoms. The van der Waals surface area contributed by atoms with Gasteiger partial charge in [0, 0.05) is 24.8 Å². The second kappa shape index (κ2) is 5.37. The summed E-state index contributed by atoms with van der Waals surface area (Å²) in [5.41, 5.74) is 5.34. The zero-order chi connectivity index (χ0) is 12.2. The highest BCUT2D eigenvalue weighted by Crippen LogP contribution is 2.19. The smallest absolute Gasteiger partial charge is 0.129 e. The Bertz CT molecular complexity index is 333. The van der Waals surface area contributed by atoms with Gasteiger partial charge in [0.25, 0.3) is 0 Å². The molecule has 90 valence electrons. The average molecular weight is 229 g/mol. The number of hydrogen-bond donors (Lipinski definition) is 1. The maximum absolute atomic E-state index is 13.4. The van der Waals surface area contributed by atoms with Gasteiger partial charge in [0.2, 0.25) is 0 Å². The third kappa shape index (κ3) is 3.54. The molecule has 0 aliphatic carbocycles. The minimum absolute atomic E-state index is 0.0450. The molecule has 1 unspecified atom stereocenters. The van der Waals surface area contributed by atoms with Crippen LogP contribution in [0.2, 0.25) is 0 Å². The summed E-state index contributed by atoms with van der Waals surface area (Å²) in [5.74, 6) is -1.09. The fourth-order valence-electron chi connectivity index (χ4n) is 1.53. The van der Waals surface area contributed by atoms with Crippen molar-refractivity contribution in [3.05, 3.63) is 35.4 Å². The van der Waals surface area contributed by atoms with Gasteiger partial charge in [-0.2, -0.15) is 0 Å². The van der Waals surface area contributed by atoms with Gasteiger partial charge >= 0.3 is 0 Å². The SMILES string of the molecule is COCCC(C)(N)Cc1c(F)cccc1F. The number of rotatable bonds is 5. The maximum atomic E-state index is 13.4. The molecule has 0 heterocycles. The first kappa shape index (κ1) is 13.1. The standard InChI is InChI=1S/C12H17F2NO/c1-12(15,6-7-16-2)8-9-10(13)4-3-5-11(9)14/h3-5H,6-8,15H2,1-2H3. The number of nitrogens with two attached hydrogens (primary N) is 1. The first-order valence-corrected chi connectivity index (χ1v) is 5.17. The highest BCUT2D eigenvalue weighted by molar-refractivity contribution is 5.21. The molecular formula is C12H17F2NO. The van der Waals surface area contributed by atoms with E-state index in [9.17, 15) is 8.78 Å². The minimum atomic E-state index is -0.668. The van der Waals surface area contributed by atoms with E-state index in [4.69, 9.17) is 10.5 Å². The number of halogens is 2. The Balaban J connectivity index is 2.79. The normalized spacial score (nSPS) is 14.8. The van der Waals surface area contributed by atoms with Gasteiger partial charge in [0.15, 0.2) is 0 Å². The molecule has 0 saturated heterocycles. The summed E-state index contributed by atoms with van der Waals surface area (Å²) in [7, 11) is 1.57. The molecule has 0 saturated carbocycles. The van der Waals surface area contributed by atoms with Crippen molar-refractivity contribution in [3.8, 4) is 0 Å². The van der Waals surface area contributed by atoms with Gasteiger partial charge in [-0.25, -0.2) is 8.78 Å². The molecule has 0 aromatic heterocycles. The van der Waals surface area contributed by atoms with Gasteiger partial charge in [-0.05, 0) is 31.9 Å². The fraction of sp³-hybridized carbons (Fsp3) is 0.500. The van der Waals surface area contributed by atoms with Crippen LogP contribution in [0, 0.1) is 11.6 Å². The Morgan fingerprint density at radius 2 is 1.88 bits per heavy atom. The molecule has 0 amide bonds. The molecule has 4 heteroatoms. The highest BCUT2D eigenvalue weighted by Gasteiger charge is 2.22. The summed E-state index contributed by atoms with van der Waals surface area (Å²) < 4.78 is 31.7. The molecule has 0 fully saturated rings. The van der Waals surface area contributed by atoms with Crippen LogP contribution < -0.4 is 5.73 Å². The van der Waals surface area contributed by atoms with Crippen LogP contribution in [0.5, 0.6) is 0 Å². The van der Waals surface area contributed by atoms with Crippen molar-refractivity contribution >= 4 is 0 Å². The topological polar surface area (TPSA) is 35.2 Å². The summed E-state index contributed by atoms with van der Waals surface area (Å²) >= 11 is 0. The Hall–Kier alpha value is -1.00. The summed E-state index contributed by atoms with van der Waals surface area (Å²) in [6.45, 7) is 2.24. The molecular weight excluding hydrogens is 212 g/mol. The van der Waals surface area contributed by atoms with Gasteiger partial charge in [-0.3, -0.25) is 0 Å². The van der Waals surface area contributed by atoms with Crippen molar-refractivity contribution in [2.75, 3.05) is 13.7 Å². The van der Waals surface area contributed by atoms with E-state index < -0.39 is 17.2 Å². The Morgan fingerprint density at radius 3 is 2.38 bits per heavy atom. The first-order valence-electron chi connectivity index (χ1n) is 5.17. The van der Waals surface area contributed by atoms with Crippen molar-refractivity contribution in [2.24, 2.45) is 5.73 Å². The number of ether oxygens (including phenoxy) is 1. The van der Waals surface area contributed by atoms with Crippen molar-refractivity contribution in [1.82, 2.24) is 0 Å². The molecule has 0 aliphatic rings. The van der Waals surface area contributed by atoms with Gasteiger partial charge in [0.05, 0.1) is 0 Å². The predicted molar refractivity (Wildman–Crippen MR) is 59.1 cm³/mol. The van der Waals surface area contributed by atoms with Gasteiger partial charge in [-0.1, -0.05) is 6.07 Å². The lowest BCUT2D eigenvalue weighted by Gasteiger charge is -2.24. The largest absolute Gasteiger partial charge is 0.385 e. The lowest BCUT2D eigenvalue weighted by atomic mass is 9.90. The Kier molecular flexibility index (Phi) is 4.38. The molecule has 0 bridgehead atoms. The molecule has 1 atom stereocenters. The summed E-state index contributed by atoms with van der Waals surface area (Å²) in [5, 5.41) is 0. The van der Waals surface area contributed by atoms with E-state index in [2.05, 4.69) is 0 Å². The molecule has 1 rings (SSSR count). The van der Waals surface area contributed by atoms with Gasteiger partial charge in [-0.15, -0.1) is 0 Å². The van der Waals surface area contributed by atoms with Crippen LogP contribution in [0.1, 0.15) is 18.9 Å². The van der Waals surface area contributed by atoms with Crippen molar-refractivity contribution in [3.63, 3.8) is 0 Å². The summed E-state index contributed by atoms with van der Waals surface area (Å²) in [6.07, 6.45) is 0.714. The van der Waals surface area contributed by atoms with Gasteiger partial charge in [0.1, 0.15) is 11.6 Å². The lowest BCUT2D eigenvalue weighted by molar-refractivity contribution is 0.171. The van der Waals surface area contributed by atoms with E-state index in [0.717, 1.165) is 0 Å². The molecule has 2 N–H and O–H groups in total. The van der Waals surface area contributed by atoms with Crippen LogP contribution in [0.3, 0.4) is 0 Å². The average Bonchev–Trinajstić information content (AvgIpc) is 2.21. The zero-order valence-corrected chi connectivity index (χ0v) is 9.59. The van der Waals surface area contributed by atoms with Crippen LogP contribution in [0.15, 0.2) is 18.2 Å². The number of benzene rings is 1. The van der Waals surface area contributed by atoms with E-state index in [1.165, 1.54) is 18.2 Å². The third-order valence-electron chi connectivity index (χ3n) is 2.52. The maximum Gasteiger partial charge on any atom is 0.129 e. The van der Waals surface area contributed by atoms with E-state index in [1.54, 1.807) is 14.0 Å². The lowest BCUT2D eigenvalue weighted by Crippen LogP contribution is -2.40. The fourth-order valence-corrected chi connectivity index (χ4v) is 1.53. The van der Waals surface area contributed by atoms with Crippen LogP contribution >= 0.6 is 0 Å².